The number of aryl methyl sites for hydroxylation is 2. The van der Waals surface area contributed by atoms with Crippen molar-refractivity contribution in [3.63, 3.8) is 0 Å². The van der Waals surface area contributed by atoms with Crippen LogP contribution in [0.5, 0.6) is 0 Å². The van der Waals surface area contributed by atoms with Gasteiger partial charge in [-0.15, -0.1) is 11.3 Å². The van der Waals surface area contributed by atoms with E-state index in [1.54, 1.807) is 11.3 Å². The Bertz CT molecular complexity index is 764. The first-order valence-corrected chi connectivity index (χ1v) is 7.37. The van der Waals surface area contributed by atoms with Gasteiger partial charge in [0.05, 0.1) is 5.39 Å². The lowest BCUT2D eigenvalue weighted by Crippen LogP contribution is -2.09. The number of hydrogen-bond donors (Lipinski definition) is 2. The smallest absolute Gasteiger partial charge is 0.163 e. The average Bonchev–Trinajstić information content (AvgIpc) is 2.89. The zero-order valence-electron chi connectivity index (χ0n) is 11.5. The van der Waals surface area contributed by atoms with Crippen LogP contribution in [0.15, 0.2) is 30.3 Å². The van der Waals surface area contributed by atoms with Gasteiger partial charge in [-0.2, -0.15) is 0 Å². The monoisotopic (exact) mass is 284 g/mol. The van der Waals surface area contributed by atoms with Crippen molar-refractivity contribution in [1.82, 2.24) is 9.97 Å². The Balaban J connectivity index is 2.21. The Kier molecular flexibility index (Phi) is 3.38. The number of nitrogens with two attached hydrogens (primary N) is 1. The lowest BCUT2D eigenvalue weighted by atomic mass is 10.1. The Morgan fingerprint density at radius 1 is 1.25 bits per heavy atom. The highest BCUT2D eigenvalue weighted by Gasteiger charge is 2.11. The molecule has 0 aliphatic heterocycles. The third kappa shape index (κ3) is 2.26. The average molecular weight is 284 g/mol. The molecule has 1 aromatic carbocycles. The van der Waals surface area contributed by atoms with Crippen molar-refractivity contribution in [3.05, 3.63) is 40.8 Å². The zero-order chi connectivity index (χ0) is 14.1. The number of rotatable bonds is 3. The van der Waals surface area contributed by atoms with Crippen molar-refractivity contribution in [3.8, 4) is 11.4 Å². The first-order chi connectivity index (χ1) is 9.71. The molecule has 0 bridgehead atoms. The number of nitrogens with one attached hydrogen (secondary N) is 1. The highest BCUT2D eigenvalue weighted by Crippen LogP contribution is 2.31. The highest BCUT2D eigenvalue weighted by molar-refractivity contribution is 7.18. The van der Waals surface area contributed by atoms with Crippen molar-refractivity contribution in [2.24, 2.45) is 5.84 Å². The minimum atomic E-state index is 0.683. The molecular formula is C15H16N4S. The molecule has 4 nitrogen and oxygen atoms in total. The van der Waals surface area contributed by atoms with Gasteiger partial charge < -0.3 is 5.43 Å². The summed E-state index contributed by atoms with van der Waals surface area (Å²) in [6.07, 6.45) is 0.991. The molecule has 2 heterocycles. The second kappa shape index (κ2) is 5.19. The summed E-state index contributed by atoms with van der Waals surface area (Å²) < 4.78 is 0. The summed E-state index contributed by atoms with van der Waals surface area (Å²) >= 11 is 1.69. The quantitative estimate of drug-likeness (QED) is 0.570. The van der Waals surface area contributed by atoms with E-state index in [1.165, 1.54) is 10.4 Å². The van der Waals surface area contributed by atoms with Gasteiger partial charge in [0, 0.05) is 10.4 Å². The molecule has 20 heavy (non-hydrogen) atoms. The molecule has 0 unspecified atom stereocenters. The van der Waals surface area contributed by atoms with Gasteiger partial charge in [-0.05, 0) is 25.5 Å². The maximum atomic E-state index is 5.61. The molecule has 3 aromatic rings. The van der Waals surface area contributed by atoms with E-state index in [-0.39, 0.29) is 0 Å². The third-order valence-corrected chi connectivity index (χ3v) is 4.38. The summed E-state index contributed by atoms with van der Waals surface area (Å²) in [6.45, 7) is 4.19. The molecule has 0 aliphatic rings. The predicted octanol–water partition coefficient (Wildman–Crippen LogP) is 3.51. The Labute approximate surface area is 121 Å². The van der Waals surface area contributed by atoms with E-state index in [0.29, 0.717) is 11.6 Å². The van der Waals surface area contributed by atoms with Crippen molar-refractivity contribution in [1.29, 1.82) is 0 Å². The maximum absolute atomic E-state index is 5.61. The number of fused-ring (bicyclic) bond motifs is 1. The van der Waals surface area contributed by atoms with Crippen LogP contribution in [0, 0.1) is 6.92 Å². The molecule has 5 heteroatoms. The summed E-state index contributed by atoms with van der Waals surface area (Å²) in [6, 6.07) is 10.3. The molecule has 0 atom stereocenters. The molecule has 3 N–H and O–H groups in total. The summed E-state index contributed by atoms with van der Waals surface area (Å²) in [7, 11) is 0. The molecule has 0 fully saturated rings. The van der Waals surface area contributed by atoms with Crippen molar-refractivity contribution >= 4 is 27.4 Å². The van der Waals surface area contributed by atoms with Gasteiger partial charge in [0.15, 0.2) is 11.6 Å². The third-order valence-electron chi connectivity index (χ3n) is 3.21. The maximum Gasteiger partial charge on any atom is 0.163 e. The number of hydrazine groups is 1. The zero-order valence-corrected chi connectivity index (χ0v) is 12.3. The molecule has 3 rings (SSSR count). The van der Waals surface area contributed by atoms with E-state index < -0.39 is 0 Å². The van der Waals surface area contributed by atoms with E-state index in [0.717, 1.165) is 22.2 Å². The van der Waals surface area contributed by atoms with Crippen LogP contribution in [-0.2, 0) is 6.42 Å². The fourth-order valence-electron chi connectivity index (χ4n) is 2.17. The summed E-state index contributed by atoms with van der Waals surface area (Å²) in [5, 5.41) is 0.991. The first kappa shape index (κ1) is 13.0. The molecular weight excluding hydrogens is 268 g/mol. The topological polar surface area (TPSA) is 63.8 Å². The molecule has 0 amide bonds. The number of nitrogen functional groups attached to an aromatic ring is 1. The number of hydrogen-bond acceptors (Lipinski definition) is 5. The largest absolute Gasteiger partial charge is 0.308 e. The summed E-state index contributed by atoms with van der Waals surface area (Å²) in [4.78, 5) is 11.5. The second-order valence-electron chi connectivity index (χ2n) is 4.69. The van der Waals surface area contributed by atoms with E-state index in [1.807, 2.05) is 12.1 Å². The lowest BCUT2D eigenvalue weighted by molar-refractivity contribution is 1.18. The van der Waals surface area contributed by atoms with Crippen LogP contribution < -0.4 is 11.3 Å². The van der Waals surface area contributed by atoms with Gasteiger partial charge in [0.25, 0.3) is 0 Å². The molecule has 0 spiro atoms. The van der Waals surface area contributed by atoms with Gasteiger partial charge in [-0.25, -0.2) is 15.8 Å². The van der Waals surface area contributed by atoms with Gasteiger partial charge in [-0.3, -0.25) is 0 Å². The molecule has 102 valence electrons. The Morgan fingerprint density at radius 2 is 2.10 bits per heavy atom. The minimum Gasteiger partial charge on any atom is -0.308 e. The molecule has 0 saturated heterocycles. The molecule has 0 aliphatic carbocycles. The summed E-state index contributed by atoms with van der Waals surface area (Å²) in [5.41, 5.74) is 4.89. The Hall–Kier alpha value is -1.98. The highest BCUT2D eigenvalue weighted by atomic mass is 32.1. The van der Waals surface area contributed by atoms with Crippen LogP contribution in [0.3, 0.4) is 0 Å². The van der Waals surface area contributed by atoms with Crippen molar-refractivity contribution in [2.75, 3.05) is 5.43 Å². The number of thiophene rings is 1. The Morgan fingerprint density at radius 3 is 2.80 bits per heavy atom. The van der Waals surface area contributed by atoms with Gasteiger partial charge in [0.2, 0.25) is 0 Å². The number of nitrogens with zero attached hydrogens (tertiary/aromatic N) is 2. The SMILES string of the molecule is CCc1cc2c(NN)nc(-c3cccc(C)c3)nc2s1. The first-order valence-electron chi connectivity index (χ1n) is 6.55. The standard InChI is InChI=1S/C15H16N4S/c1-3-11-8-12-14(19-16)17-13(18-15(12)20-11)10-6-4-5-9(2)7-10/h4-8H,3,16H2,1-2H3,(H,17,18,19). The van der Waals surface area contributed by atoms with Crippen LogP contribution in [0.4, 0.5) is 5.82 Å². The molecule has 0 saturated carbocycles. The van der Waals surface area contributed by atoms with E-state index in [9.17, 15) is 0 Å². The lowest BCUT2D eigenvalue weighted by Gasteiger charge is -2.05. The second-order valence-corrected chi connectivity index (χ2v) is 5.81. The normalized spacial score (nSPS) is 10.9. The van der Waals surface area contributed by atoms with Crippen LogP contribution in [0.25, 0.3) is 21.6 Å². The number of anilines is 1. The van der Waals surface area contributed by atoms with Crippen molar-refractivity contribution < 1.29 is 0 Å². The van der Waals surface area contributed by atoms with E-state index >= 15 is 0 Å². The van der Waals surface area contributed by atoms with Gasteiger partial charge >= 0.3 is 0 Å². The predicted molar refractivity (Wildman–Crippen MR) is 84.8 cm³/mol. The number of aromatic nitrogens is 2. The van der Waals surface area contributed by atoms with Crippen molar-refractivity contribution in [2.45, 2.75) is 20.3 Å². The fraction of sp³-hybridized carbons (Fsp3) is 0.200. The minimum absolute atomic E-state index is 0.683. The molecule has 2 aromatic heterocycles. The van der Waals surface area contributed by atoms with Crippen LogP contribution in [0.1, 0.15) is 17.4 Å². The molecule has 0 radical (unpaired) electrons. The summed E-state index contributed by atoms with van der Waals surface area (Å²) in [5.74, 6) is 7.00. The van der Waals surface area contributed by atoms with Crippen LogP contribution in [-0.4, -0.2) is 9.97 Å². The van der Waals surface area contributed by atoms with Gasteiger partial charge in [-0.1, -0.05) is 30.7 Å². The fourth-order valence-corrected chi connectivity index (χ4v) is 3.14. The van der Waals surface area contributed by atoms with E-state index in [2.05, 4.69) is 47.4 Å². The number of benzene rings is 1. The van der Waals surface area contributed by atoms with Gasteiger partial charge in [0.1, 0.15) is 4.83 Å². The van der Waals surface area contributed by atoms with Crippen LogP contribution >= 0.6 is 11.3 Å². The van der Waals surface area contributed by atoms with Crippen LogP contribution in [0.2, 0.25) is 0 Å². The van der Waals surface area contributed by atoms with E-state index in [4.69, 9.17) is 5.84 Å².